The first kappa shape index (κ1) is 15.0. The van der Waals surface area contributed by atoms with E-state index in [1.54, 1.807) is 6.07 Å². The van der Waals surface area contributed by atoms with Crippen LogP contribution in [0.2, 0.25) is 0 Å². The Bertz CT molecular complexity index is 452. The van der Waals surface area contributed by atoms with Crippen LogP contribution in [0.3, 0.4) is 0 Å². The van der Waals surface area contributed by atoms with Gasteiger partial charge >= 0.3 is 0 Å². The molecular weight excluding hydrogens is 253 g/mol. The summed E-state index contributed by atoms with van der Waals surface area (Å²) in [5.74, 6) is 0.192. The first-order chi connectivity index (χ1) is 9.63. The summed E-state index contributed by atoms with van der Waals surface area (Å²) >= 11 is 0. The minimum absolute atomic E-state index is 0.211. The highest BCUT2D eigenvalue weighted by Gasteiger charge is 2.25. The molecule has 0 aliphatic heterocycles. The van der Waals surface area contributed by atoms with Crippen molar-refractivity contribution in [1.29, 1.82) is 0 Å². The molecule has 0 N–H and O–H groups in total. The van der Waals surface area contributed by atoms with E-state index in [2.05, 4.69) is 18.7 Å². The molecule has 0 amide bonds. The van der Waals surface area contributed by atoms with Crippen molar-refractivity contribution < 1.29 is 9.18 Å². The van der Waals surface area contributed by atoms with Gasteiger partial charge in [0.05, 0.1) is 11.3 Å². The first-order valence-corrected chi connectivity index (χ1v) is 7.63. The van der Waals surface area contributed by atoms with E-state index >= 15 is 0 Å². The smallest absolute Gasteiger partial charge is 0.155 e. The molecule has 0 saturated heterocycles. The van der Waals surface area contributed by atoms with Crippen molar-refractivity contribution in [1.82, 2.24) is 0 Å². The molecule has 2 rings (SSSR count). The molecule has 0 heterocycles. The molecule has 110 valence electrons. The van der Waals surface area contributed by atoms with Crippen molar-refractivity contribution in [3.05, 3.63) is 29.6 Å². The number of rotatable bonds is 6. The molecule has 0 atom stereocenters. The second kappa shape index (κ2) is 6.87. The van der Waals surface area contributed by atoms with Crippen LogP contribution in [0.15, 0.2) is 18.2 Å². The lowest BCUT2D eigenvalue weighted by Gasteiger charge is -2.33. The third kappa shape index (κ3) is 3.38. The molecule has 1 aliphatic carbocycles. The van der Waals surface area contributed by atoms with Gasteiger partial charge in [-0.2, -0.15) is 0 Å². The van der Waals surface area contributed by atoms with Crippen LogP contribution >= 0.6 is 0 Å². The van der Waals surface area contributed by atoms with Crippen molar-refractivity contribution in [2.24, 2.45) is 5.92 Å². The van der Waals surface area contributed by atoms with Gasteiger partial charge < -0.3 is 4.90 Å². The molecule has 1 fully saturated rings. The number of hydrogen-bond donors (Lipinski definition) is 0. The van der Waals surface area contributed by atoms with E-state index in [9.17, 15) is 9.18 Å². The highest BCUT2D eigenvalue weighted by molar-refractivity contribution is 5.85. The molecule has 0 spiro atoms. The van der Waals surface area contributed by atoms with Crippen LogP contribution in [-0.4, -0.2) is 18.9 Å². The first-order valence-electron chi connectivity index (χ1n) is 7.63. The highest BCUT2D eigenvalue weighted by Crippen LogP contribution is 2.31. The van der Waals surface area contributed by atoms with E-state index in [4.69, 9.17) is 0 Å². The molecule has 0 unspecified atom stereocenters. The van der Waals surface area contributed by atoms with Crippen LogP contribution in [0.25, 0.3) is 0 Å². The van der Waals surface area contributed by atoms with Crippen molar-refractivity contribution in [2.45, 2.75) is 52.0 Å². The van der Waals surface area contributed by atoms with E-state index in [1.807, 2.05) is 6.07 Å². The second-order valence-electron chi connectivity index (χ2n) is 6.10. The monoisotopic (exact) mass is 277 g/mol. The van der Waals surface area contributed by atoms with E-state index in [-0.39, 0.29) is 5.56 Å². The molecular formula is C17H24FNO. The fourth-order valence-electron chi connectivity index (χ4n) is 3.01. The Morgan fingerprint density at radius 1 is 1.35 bits per heavy atom. The average Bonchev–Trinajstić information content (AvgIpc) is 2.93. The van der Waals surface area contributed by atoms with E-state index in [0.29, 0.717) is 18.2 Å². The topological polar surface area (TPSA) is 20.3 Å². The zero-order valence-corrected chi connectivity index (χ0v) is 12.4. The largest absolute Gasteiger partial charge is 0.368 e. The molecule has 2 nitrogen and oxygen atoms in total. The maximum absolute atomic E-state index is 13.8. The number of hydrogen-bond acceptors (Lipinski definition) is 2. The zero-order chi connectivity index (χ0) is 14.5. The second-order valence-corrected chi connectivity index (χ2v) is 6.10. The fourth-order valence-corrected chi connectivity index (χ4v) is 3.01. The van der Waals surface area contributed by atoms with Gasteiger partial charge in [-0.15, -0.1) is 0 Å². The number of benzene rings is 1. The summed E-state index contributed by atoms with van der Waals surface area (Å²) in [7, 11) is 0. The number of carbonyl (C=O) groups excluding carboxylic acids is 1. The van der Waals surface area contributed by atoms with Crippen LogP contribution in [0.4, 0.5) is 10.1 Å². The van der Waals surface area contributed by atoms with Gasteiger partial charge in [-0.1, -0.05) is 32.8 Å². The van der Waals surface area contributed by atoms with Gasteiger partial charge in [0, 0.05) is 12.6 Å². The molecule has 0 radical (unpaired) electrons. The molecule has 1 aromatic rings. The fraction of sp³-hybridized carbons (Fsp3) is 0.588. The maximum atomic E-state index is 13.8. The minimum atomic E-state index is -0.412. The minimum Gasteiger partial charge on any atom is -0.368 e. The molecule has 0 aromatic heterocycles. The summed E-state index contributed by atoms with van der Waals surface area (Å²) in [6, 6.07) is 5.40. The Kier molecular flexibility index (Phi) is 5.16. The average molecular weight is 277 g/mol. The predicted octanol–water partition coefficient (Wildman–Crippen LogP) is 4.43. The van der Waals surface area contributed by atoms with Gasteiger partial charge in [0.1, 0.15) is 5.82 Å². The summed E-state index contributed by atoms with van der Waals surface area (Å²) in [5, 5.41) is 0. The quantitative estimate of drug-likeness (QED) is 0.717. The Morgan fingerprint density at radius 3 is 2.65 bits per heavy atom. The number of halogens is 1. The summed E-state index contributed by atoms with van der Waals surface area (Å²) in [4.78, 5) is 13.5. The van der Waals surface area contributed by atoms with Gasteiger partial charge in [0.15, 0.2) is 6.29 Å². The predicted molar refractivity (Wildman–Crippen MR) is 80.8 cm³/mol. The summed E-state index contributed by atoms with van der Waals surface area (Å²) in [6.45, 7) is 5.28. The van der Waals surface area contributed by atoms with Crippen molar-refractivity contribution in [3.63, 3.8) is 0 Å². The van der Waals surface area contributed by atoms with Crippen LogP contribution in [0, 0.1) is 11.7 Å². The Morgan fingerprint density at radius 2 is 2.05 bits per heavy atom. The number of aldehydes is 1. The van der Waals surface area contributed by atoms with Gasteiger partial charge in [-0.3, -0.25) is 4.79 Å². The molecule has 1 aromatic carbocycles. The van der Waals surface area contributed by atoms with Crippen molar-refractivity contribution in [3.8, 4) is 0 Å². The summed E-state index contributed by atoms with van der Waals surface area (Å²) in [6.07, 6.45) is 6.47. The molecule has 3 heteroatoms. The summed E-state index contributed by atoms with van der Waals surface area (Å²) in [5.41, 5.74) is 0.982. The number of carbonyl (C=O) groups is 1. The lowest BCUT2D eigenvalue weighted by Crippen LogP contribution is -2.35. The van der Waals surface area contributed by atoms with Crippen LogP contribution < -0.4 is 4.90 Å². The van der Waals surface area contributed by atoms with Gasteiger partial charge in [-0.05, 0) is 37.3 Å². The SMILES string of the molecule is CC(C)CCN(c1cccc(F)c1C=O)C1CCCC1. The molecule has 20 heavy (non-hydrogen) atoms. The molecule has 0 bridgehead atoms. The standard InChI is InChI=1S/C17H24FNO/c1-13(2)10-11-19(14-6-3-4-7-14)17-9-5-8-16(18)15(17)12-20/h5,8-9,12-14H,3-4,6-7,10-11H2,1-2H3. The lowest BCUT2D eigenvalue weighted by atomic mass is 10.1. The Balaban J connectivity index is 2.29. The van der Waals surface area contributed by atoms with Gasteiger partial charge in [0.2, 0.25) is 0 Å². The maximum Gasteiger partial charge on any atom is 0.155 e. The normalized spacial score (nSPS) is 15.8. The third-order valence-corrected chi connectivity index (χ3v) is 4.17. The van der Waals surface area contributed by atoms with Crippen molar-refractivity contribution in [2.75, 3.05) is 11.4 Å². The zero-order valence-electron chi connectivity index (χ0n) is 12.4. The Hall–Kier alpha value is -1.38. The van der Waals surface area contributed by atoms with Crippen LogP contribution in [0.1, 0.15) is 56.3 Å². The third-order valence-electron chi connectivity index (χ3n) is 4.17. The van der Waals surface area contributed by atoms with E-state index in [0.717, 1.165) is 31.5 Å². The van der Waals surface area contributed by atoms with Crippen LogP contribution in [0.5, 0.6) is 0 Å². The summed E-state index contributed by atoms with van der Waals surface area (Å²) < 4.78 is 13.8. The van der Waals surface area contributed by atoms with Crippen LogP contribution in [-0.2, 0) is 0 Å². The van der Waals surface area contributed by atoms with E-state index < -0.39 is 5.82 Å². The highest BCUT2D eigenvalue weighted by atomic mass is 19.1. The lowest BCUT2D eigenvalue weighted by molar-refractivity contribution is 0.112. The van der Waals surface area contributed by atoms with E-state index in [1.165, 1.54) is 18.9 Å². The van der Waals surface area contributed by atoms with Gasteiger partial charge in [0.25, 0.3) is 0 Å². The number of nitrogens with zero attached hydrogens (tertiary/aromatic N) is 1. The van der Waals surface area contributed by atoms with Crippen molar-refractivity contribution >= 4 is 12.0 Å². The molecule has 1 aliphatic rings. The molecule has 1 saturated carbocycles. The van der Waals surface area contributed by atoms with Gasteiger partial charge in [-0.25, -0.2) is 4.39 Å². The number of anilines is 1. The Labute approximate surface area is 121 Å².